The molecular weight excluding hydrogens is 422 g/mol. The van der Waals surface area contributed by atoms with Crippen LogP contribution in [0, 0.1) is 0 Å². The van der Waals surface area contributed by atoms with Gasteiger partial charge in [-0.15, -0.1) is 0 Å². The fraction of sp³-hybridized carbons (Fsp3) is 0.158. The number of carbonyl (C=O) groups excluding carboxylic acids is 1. The van der Waals surface area contributed by atoms with Crippen molar-refractivity contribution in [1.82, 2.24) is 19.9 Å². The standard InChI is InChI=1S/C19H17N7O6/c20-19-25-15-14(17(30)26-19)23-11(8-22-15)7-21-10-3-1-9(2-4-10)16(29)24-12(18(31)32)5-6-13(27)28/h1-4,8,21H,5-7H2,(H,27,28)(H,31,32)(H3,20,22,25,26,30)/b24-12+. The van der Waals surface area contributed by atoms with Gasteiger partial charge >= 0.3 is 17.5 Å². The van der Waals surface area contributed by atoms with Crippen molar-refractivity contribution in [1.29, 1.82) is 0 Å². The average Bonchev–Trinajstić information content (AvgIpc) is 2.75. The number of aromatic nitrogens is 4. The van der Waals surface area contributed by atoms with Gasteiger partial charge in [-0.1, -0.05) is 0 Å². The van der Waals surface area contributed by atoms with Crippen molar-refractivity contribution < 1.29 is 24.6 Å². The van der Waals surface area contributed by atoms with Gasteiger partial charge in [-0.3, -0.25) is 14.4 Å². The molecule has 1 amide bonds. The van der Waals surface area contributed by atoms with Gasteiger partial charge < -0.3 is 26.2 Å². The molecule has 0 aliphatic heterocycles. The smallest absolute Gasteiger partial charge is 0.350 e. The molecule has 164 valence electrons. The lowest BCUT2D eigenvalue weighted by molar-refractivity contribution is -0.136. The lowest BCUT2D eigenvalue weighted by Gasteiger charge is -2.07. The first kappa shape index (κ1) is 22.0. The van der Waals surface area contributed by atoms with Crippen LogP contribution in [-0.2, 0) is 16.1 Å². The zero-order valence-corrected chi connectivity index (χ0v) is 16.4. The molecule has 0 saturated carbocycles. The maximum atomic E-state index is 12.2. The van der Waals surface area contributed by atoms with E-state index in [0.717, 1.165) is 0 Å². The third-order valence-electron chi connectivity index (χ3n) is 4.16. The van der Waals surface area contributed by atoms with Crippen molar-refractivity contribution in [3.63, 3.8) is 0 Å². The van der Waals surface area contributed by atoms with E-state index in [0.29, 0.717) is 11.4 Å². The minimum atomic E-state index is -1.45. The fourth-order valence-corrected chi connectivity index (χ4v) is 2.61. The minimum absolute atomic E-state index is 0.0504. The Labute approximate surface area is 179 Å². The quantitative estimate of drug-likeness (QED) is 0.303. The molecule has 3 aromatic rings. The number of nitrogens with zero attached hydrogens (tertiary/aromatic N) is 4. The van der Waals surface area contributed by atoms with E-state index >= 15 is 0 Å². The van der Waals surface area contributed by atoms with E-state index in [1.165, 1.54) is 18.3 Å². The van der Waals surface area contributed by atoms with Crippen LogP contribution >= 0.6 is 0 Å². The number of aliphatic carboxylic acids is 2. The van der Waals surface area contributed by atoms with Gasteiger partial charge in [-0.05, 0) is 24.3 Å². The molecule has 3 rings (SSSR count). The van der Waals surface area contributed by atoms with Crippen LogP contribution in [0.25, 0.3) is 11.2 Å². The lowest BCUT2D eigenvalue weighted by atomic mass is 10.1. The molecule has 0 bridgehead atoms. The van der Waals surface area contributed by atoms with Crippen LogP contribution in [0.5, 0.6) is 0 Å². The summed E-state index contributed by atoms with van der Waals surface area (Å²) in [5.74, 6) is -3.50. The number of carboxylic acids is 2. The molecule has 13 nitrogen and oxygen atoms in total. The summed E-state index contributed by atoms with van der Waals surface area (Å²) < 4.78 is 0. The number of H-pyrrole nitrogens is 1. The molecule has 0 radical (unpaired) electrons. The number of aliphatic imine (C=N–C) groups is 1. The van der Waals surface area contributed by atoms with Gasteiger partial charge in [-0.25, -0.2) is 19.8 Å². The number of aromatic amines is 1. The highest BCUT2D eigenvalue weighted by Gasteiger charge is 2.15. The van der Waals surface area contributed by atoms with Gasteiger partial charge in [0.15, 0.2) is 11.2 Å². The van der Waals surface area contributed by atoms with Crippen LogP contribution < -0.4 is 16.6 Å². The van der Waals surface area contributed by atoms with Gasteiger partial charge in [0.05, 0.1) is 24.9 Å². The predicted molar refractivity (Wildman–Crippen MR) is 112 cm³/mol. The summed E-state index contributed by atoms with van der Waals surface area (Å²) in [5, 5.41) is 20.8. The number of carboxylic acid groups (broad SMARTS) is 2. The van der Waals surface area contributed by atoms with Gasteiger partial charge in [-0.2, -0.15) is 4.98 Å². The summed E-state index contributed by atoms with van der Waals surface area (Å²) in [6.07, 6.45) is 0.643. The van der Waals surface area contributed by atoms with Crippen LogP contribution in [0.1, 0.15) is 28.9 Å². The Balaban J connectivity index is 1.68. The summed E-state index contributed by atoms with van der Waals surface area (Å²) in [5.41, 5.74) is 5.82. The summed E-state index contributed by atoms with van der Waals surface area (Å²) >= 11 is 0. The predicted octanol–water partition coefficient (Wildman–Crippen LogP) is 0.438. The molecule has 1 aromatic carbocycles. The Kier molecular flexibility index (Phi) is 6.48. The summed E-state index contributed by atoms with van der Waals surface area (Å²) in [6, 6.07) is 6.02. The Morgan fingerprint density at radius 1 is 1.09 bits per heavy atom. The number of carbonyl (C=O) groups is 3. The fourth-order valence-electron chi connectivity index (χ4n) is 2.61. The molecule has 0 unspecified atom stereocenters. The highest BCUT2D eigenvalue weighted by Crippen LogP contribution is 2.13. The number of anilines is 2. The Morgan fingerprint density at radius 3 is 2.47 bits per heavy atom. The van der Waals surface area contributed by atoms with Gasteiger partial charge in [0.25, 0.3) is 5.91 Å². The zero-order chi connectivity index (χ0) is 23.3. The van der Waals surface area contributed by atoms with E-state index < -0.39 is 35.5 Å². The largest absolute Gasteiger partial charge is 0.481 e. The van der Waals surface area contributed by atoms with Crippen molar-refractivity contribution >= 4 is 46.4 Å². The minimum Gasteiger partial charge on any atom is -0.481 e. The van der Waals surface area contributed by atoms with Crippen LogP contribution in [0.4, 0.5) is 11.6 Å². The second-order valence-electron chi connectivity index (χ2n) is 6.48. The first-order chi connectivity index (χ1) is 15.2. The number of fused-ring (bicyclic) bond motifs is 1. The SMILES string of the molecule is Nc1nc(=O)c2nc(CNc3ccc(C(=O)/N=C(\CCC(=O)O)C(=O)O)cc3)cnc2[nH]1. The molecule has 0 fully saturated rings. The van der Waals surface area contributed by atoms with Gasteiger partial charge in [0.2, 0.25) is 5.95 Å². The Hall–Kier alpha value is -4.68. The van der Waals surface area contributed by atoms with E-state index in [4.69, 9.17) is 15.9 Å². The molecule has 32 heavy (non-hydrogen) atoms. The molecule has 6 N–H and O–H groups in total. The first-order valence-corrected chi connectivity index (χ1v) is 9.15. The third-order valence-corrected chi connectivity index (χ3v) is 4.16. The molecule has 0 aliphatic rings. The number of nitrogens with two attached hydrogens (primary N) is 1. The molecule has 2 heterocycles. The highest BCUT2D eigenvalue weighted by atomic mass is 16.4. The van der Waals surface area contributed by atoms with Crippen molar-refractivity contribution in [3.05, 3.63) is 52.1 Å². The van der Waals surface area contributed by atoms with Gasteiger partial charge in [0.1, 0.15) is 5.71 Å². The van der Waals surface area contributed by atoms with E-state index in [2.05, 4.69) is 30.2 Å². The molecular formula is C19H17N7O6. The number of nitrogens with one attached hydrogen (secondary N) is 2. The molecule has 0 aliphatic carbocycles. The lowest BCUT2D eigenvalue weighted by Crippen LogP contribution is -2.17. The van der Waals surface area contributed by atoms with E-state index in [-0.39, 0.29) is 35.6 Å². The van der Waals surface area contributed by atoms with Crippen LogP contribution in [0.3, 0.4) is 0 Å². The maximum Gasteiger partial charge on any atom is 0.350 e. The summed E-state index contributed by atoms with van der Waals surface area (Å²) in [6.45, 7) is 0.219. The molecule has 13 heteroatoms. The number of rotatable bonds is 8. The second kappa shape index (κ2) is 9.42. The van der Waals surface area contributed by atoms with E-state index in [1.54, 1.807) is 12.1 Å². The number of hydrogen-bond acceptors (Lipinski definition) is 9. The highest BCUT2D eigenvalue weighted by molar-refractivity contribution is 6.38. The average molecular weight is 439 g/mol. The monoisotopic (exact) mass is 439 g/mol. The van der Waals surface area contributed by atoms with Crippen molar-refractivity contribution in [3.8, 4) is 0 Å². The number of nitrogen functional groups attached to an aromatic ring is 1. The van der Waals surface area contributed by atoms with Crippen molar-refractivity contribution in [2.45, 2.75) is 19.4 Å². The second-order valence-corrected chi connectivity index (χ2v) is 6.48. The summed E-state index contributed by atoms with van der Waals surface area (Å²) in [4.78, 5) is 63.8. The molecule has 2 aromatic heterocycles. The summed E-state index contributed by atoms with van der Waals surface area (Å²) in [7, 11) is 0. The van der Waals surface area contributed by atoms with E-state index in [1.807, 2.05) is 0 Å². The van der Waals surface area contributed by atoms with Crippen molar-refractivity contribution in [2.75, 3.05) is 11.1 Å². The number of benzene rings is 1. The van der Waals surface area contributed by atoms with E-state index in [9.17, 15) is 19.2 Å². The normalized spacial score (nSPS) is 11.3. The Morgan fingerprint density at radius 2 is 1.81 bits per heavy atom. The van der Waals surface area contributed by atoms with Crippen molar-refractivity contribution in [2.24, 2.45) is 4.99 Å². The zero-order valence-electron chi connectivity index (χ0n) is 16.4. The first-order valence-electron chi connectivity index (χ1n) is 9.15. The number of amides is 1. The maximum absolute atomic E-state index is 12.2. The molecule has 0 atom stereocenters. The van der Waals surface area contributed by atoms with Gasteiger partial charge in [0, 0.05) is 17.7 Å². The number of hydrogen-bond donors (Lipinski definition) is 5. The van der Waals surface area contributed by atoms with Crippen LogP contribution in [0.15, 0.2) is 40.2 Å². The topological polar surface area (TPSA) is 214 Å². The third kappa shape index (κ3) is 5.47. The Bertz CT molecular complexity index is 1280. The van der Waals surface area contributed by atoms with Crippen LogP contribution in [0.2, 0.25) is 0 Å². The molecule has 0 saturated heterocycles. The molecule has 0 spiro atoms. The van der Waals surface area contributed by atoms with Crippen LogP contribution in [-0.4, -0.2) is 53.7 Å².